The van der Waals surface area contributed by atoms with Gasteiger partial charge < -0.3 is 5.73 Å². The van der Waals surface area contributed by atoms with Gasteiger partial charge in [-0.2, -0.15) is 0 Å². The van der Waals surface area contributed by atoms with Gasteiger partial charge in [0.2, 0.25) is 0 Å². The minimum Gasteiger partial charge on any atom is -0.398 e. The van der Waals surface area contributed by atoms with Crippen molar-refractivity contribution in [2.24, 2.45) is 0 Å². The fourth-order valence-electron chi connectivity index (χ4n) is 0.934. The van der Waals surface area contributed by atoms with Crippen molar-refractivity contribution in [2.75, 3.05) is 5.73 Å². The molecule has 0 saturated carbocycles. The molecule has 1 heterocycles. The molecule has 2 rings (SSSR count). The number of aromatic nitrogens is 2. The number of hydrogen-bond donors (Lipinski definition) is 1. The molecule has 0 aliphatic heterocycles. The Kier molecular flexibility index (Phi) is 3.08. The van der Waals surface area contributed by atoms with Crippen LogP contribution in [0.5, 0.6) is 0 Å². The molecule has 7 heteroatoms. The Hall–Kier alpha value is -0.850. The minimum absolute atomic E-state index is 0.0521. The summed E-state index contributed by atoms with van der Waals surface area (Å²) in [5, 5.41) is 7.58. The fraction of sp³-hybridized carbons (Fsp3) is 0. The van der Waals surface area contributed by atoms with Gasteiger partial charge in [0.25, 0.3) is 0 Å². The summed E-state index contributed by atoms with van der Waals surface area (Å²) < 4.78 is 13.7. The van der Waals surface area contributed by atoms with Crippen molar-refractivity contribution in [1.82, 2.24) is 10.2 Å². The van der Waals surface area contributed by atoms with Crippen LogP contribution in [0.2, 0.25) is 5.02 Å². The Morgan fingerprint density at radius 1 is 1.47 bits per heavy atom. The standard InChI is InChI=1S/C8H5ClFN3S2/c9-4-1-7(6(11)2-5(4)10)15-8-13-12-3-14-8/h1-3H,11H2. The molecule has 0 amide bonds. The van der Waals surface area contributed by atoms with Gasteiger partial charge in [-0.3, -0.25) is 0 Å². The van der Waals surface area contributed by atoms with Crippen molar-refractivity contribution in [1.29, 1.82) is 0 Å². The lowest BCUT2D eigenvalue weighted by atomic mass is 10.3. The van der Waals surface area contributed by atoms with Gasteiger partial charge in [-0.15, -0.1) is 10.2 Å². The summed E-state index contributed by atoms with van der Waals surface area (Å²) in [4.78, 5) is 0.679. The molecule has 0 unspecified atom stereocenters. The van der Waals surface area contributed by atoms with Gasteiger partial charge in [-0.25, -0.2) is 4.39 Å². The molecular formula is C8H5ClFN3S2. The van der Waals surface area contributed by atoms with E-state index in [0.29, 0.717) is 10.6 Å². The van der Waals surface area contributed by atoms with Crippen molar-refractivity contribution < 1.29 is 4.39 Å². The van der Waals surface area contributed by atoms with E-state index in [1.54, 1.807) is 5.51 Å². The maximum atomic E-state index is 13.0. The average Bonchev–Trinajstić information content (AvgIpc) is 2.67. The molecule has 15 heavy (non-hydrogen) atoms. The van der Waals surface area contributed by atoms with Crippen molar-refractivity contribution in [3.8, 4) is 0 Å². The van der Waals surface area contributed by atoms with E-state index in [-0.39, 0.29) is 5.02 Å². The molecule has 0 fully saturated rings. The van der Waals surface area contributed by atoms with Crippen molar-refractivity contribution in [3.05, 3.63) is 28.5 Å². The van der Waals surface area contributed by atoms with Crippen LogP contribution in [0.15, 0.2) is 26.9 Å². The van der Waals surface area contributed by atoms with Crippen LogP contribution in [-0.2, 0) is 0 Å². The largest absolute Gasteiger partial charge is 0.398 e. The molecule has 0 bridgehead atoms. The van der Waals surface area contributed by atoms with Crippen molar-refractivity contribution in [2.45, 2.75) is 9.24 Å². The van der Waals surface area contributed by atoms with Crippen molar-refractivity contribution >= 4 is 40.4 Å². The van der Waals surface area contributed by atoms with Crippen LogP contribution < -0.4 is 5.73 Å². The zero-order valence-electron chi connectivity index (χ0n) is 7.28. The molecule has 0 saturated heterocycles. The molecule has 0 aliphatic rings. The number of halogens is 2. The van der Waals surface area contributed by atoms with E-state index in [2.05, 4.69) is 10.2 Å². The predicted molar refractivity (Wildman–Crippen MR) is 59.9 cm³/mol. The third-order valence-corrected chi connectivity index (χ3v) is 3.73. The first-order valence-electron chi connectivity index (χ1n) is 3.85. The van der Waals surface area contributed by atoms with E-state index >= 15 is 0 Å². The van der Waals surface area contributed by atoms with Crippen molar-refractivity contribution in [3.63, 3.8) is 0 Å². The summed E-state index contributed by atoms with van der Waals surface area (Å²) in [5.74, 6) is -0.518. The maximum absolute atomic E-state index is 13.0. The Balaban J connectivity index is 2.33. The van der Waals surface area contributed by atoms with Crippen LogP contribution in [0.4, 0.5) is 10.1 Å². The SMILES string of the molecule is Nc1cc(F)c(Cl)cc1Sc1nncs1. The molecule has 2 N–H and O–H groups in total. The highest BCUT2D eigenvalue weighted by Gasteiger charge is 2.09. The first-order chi connectivity index (χ1) is 7.16. The second-order valence-electron chi connectivity index (χ2n) is 2.61. The lowest BCUT2D eigenvalue weighted by Crippen LogP contribution is -1.90. The maximum Gasteiger partial charge on any atom is 0.178 e. The van der Waals surface area contributed by atoms with E-state index < -0.39 is 5.82 Å². The van der Waals surface area contributed by atoms with Gasteiger partial charge in [0.15, 0.2) is 4.34 Å². The molecular weight excluding hydrogens is 257 g/mol. The number of benzene rings is 1. The van der Waals surface area contributed by atoms with Crippen LogP contribution in [0.1, 0.15) is 0 Å². The van der Waals surface area contributed by atoms with Crippen LogP contribution in [0.3, 0.4) is 0 Å². The first kappa shape index (κ1) is 10.7. The Labute approximate surface area is 98.5 Å². The highest BCUT2D eigenvalue weighted by atomic mass is 35.5. The van der Waals surface area contributed by atoms with Crippen LogP contribution in [0.25, 0.3) is 0 Å². The van der Waals surface area contributed by atoms with E-state index in [9.17, 15) is 4.39 Å². The van der Waals surface area contributed by atoms with Gasteiger partial charge in [-0.1, -0.05) is 34.7 Å². The van der Waals surface area contributed by atoms with Gasteiger partial charge in [0, 0.05) is 10.6 Å². The van der Waals surface area contributed by atoms with Gasteiger partial charge in [0.1, 0.15) is 11.3 Å². The van der Waals surface area contributed by atoms with Gasteiger partial charge in [0.05, 0.1) is 5.02 Å². The Morgan fingerprint density at radius 2 is 2.27 bits per heavy atom. The van der Waals surface area contributed by atoms with Crippen LogP contribution in [-0.4, -0.2) is 10.2 Å². The summed E-state index contributed by atoms with van der Waals surface area (Å²) in [6.45, 7) is 0. The molecule has 3 nitrogen and oxygen atoms in total. The molecule has 0 radical (unpaired) electrons. The lowest BCUT2D eigenvalue weighted by molar-refractivity contribution is 0.628. The smallest absolute Gasteiger partial charge is 0.178 e. The molecule has 1 aromatic heterocycles. The summed E-state index contributed by atoms with van der Waals surface area (Å²) >= 11 is 8.35. The van der Waals surface area contributed by atoms with Crippen LogP contribution in [0, 0.1) is 5.82 Å². The minimum atomic E-state index is -0.518. The highest BCUT2D eigenvalue weighted by molar-refractivity contribution is 8.01. The molecule has 2 aromatic rings. The fourth-order valence-corrected chi connectivity index (χ4v) is 2.66. The zero-order chi connectivity index (χ0) is 10.8. The lowest BCUT2D eigenvalue weighted by Gasteiger charge is -2.03. The Bertz CT molecular complexity index is 475. The second kappa shape index (κ2) is 4.34. The number of nitrogens with two attached hydrogens (primary N) is 1. The average molecular weight is 262 g/mol. The second-order valence-corrected chi connectivity index (χ2v) is 5.14. The number of anilines is 1. The molecule has 1 aromatic carbocycles. The number of nitrogens with zero attached hydrogens (tertiary/aromatic N) is 2. The third-order valence-electron chi connectivity index (χ3n) is 1.59. The predicted octanol–water partition coefficient (Wildman–Crippen LogP) is 3.06. The highest BCUT2D eigenvalue weighted by Crippen LogP contribution is 2.35. The monoisotopic (exact) mass is 261 g/mol. The van der Waals surface area contributed by atoms with E-state index in [4.69, 9.17) is 17.3 Å². The quantitative estimate of drug-likeness (QED) is 0.844. The number of nitrogen functional groups attached to an aromatic ring is 1. The Morgan fingerprint density at radius 3 is 2.93 bits per heavy atom. The first-order valence-corrected chi connectivity index (χ1v) is 5.93. The number of rotatable bonds is 2. The summed E-state index contributed by atoms with van der Waals surface area (Å²) in [6, 6.07) is 2.68. The van der Waals surface area contributed by atoms with Crippen LogP contribution >= 0.6 is 34.7 Å². The van der Waals surface area contributed by atoms with E-state index in [0.717, 1.165) is 4.34 Å². The molecule has 0 aliphatic carbocycles. The van der Waals surface area contributed by atoms with E-state index in [1.807, 2.05) is 0 Å². The molecule has 78 valence electrons. The number of hydrogen-bond acceptors (Lipinski definition) is 5. The normalized spacial score (nSPS) is 10.5. The van der Waals surface area contributed by atoms with Gasteiger partial charge in [-0.05, 0) is 12.1 Å². The summed E-state index contributed by atoms with van der Waals surface area (Å²) in [6.07, 6.45) is 0. The third kappa shape index (κ3) is 2.39. The molecule has 0 atom stereocenters. The molecule has 0 spiro atoms. The topological polar surface area (TPSA) is 51.8 Å². The summed E-state index contributed by atoms with van der Waals surface area (Å²) in [5.41, 5.74) is 7.60. The summed E-state index contributed by atoms with van der Waals surface area (Å²) in [7, 11) is 0. The van der Waals surface area contributed by atoms with Gasteiger partial charge >= 0.3 is 0 Å². The van der Waals surface area contributed by atoms with E-state index in [1.165, 1.54) is 35.2 Å². The zero-order valence-corrected chi connectivity index (χ0v) is 9.67.